The van der Waals surface area contributed by atoms with Gasteiger partial charge in [0.15, 0.2) is 0 Å². The van der Waals surface area contributed by atoms with Crippen LogP contribution in [0, 0.1) is 13.8 Å². The number of carbonyl (C=O) groups excluding carboxylic acids is 2. The van der Waals surface area contributed by atoms with Crippen LogP contribution in [0.2, 0.25) is 0 Å². The normalized spacial score (nSPS) is 10.6. The Bertz CT molecular complexity index is 815. The first-order valence-electron chi connectivity index (χ1n) is 8.50. The first-order chi connectivity index (χ1) is 12.2. The molecule has 0 bridgehead atoms. The topological polar surface area (TPSA) is 104 Å². The Kier molecular flexibility index (Phi) is 5.55. The number of aryl methyl sites for hydroxylation is 4. The molecule has 6 heteroatoms. The number of rotatable bonds is 4. The van der Waals surface area contributed by atoms with E-state index >= 15 is 0 Å². The maximum absolute atomic E-state index is 12.8. The van der Waals surface area contributed by atoms with Crippen LogP contribution in [0.3, 0.4) is 0 Å². The summed E-state index contributed by atoms with van der Waals surface area (Å²) in [4.78, 5) is 25.9. The number of hydrogen-bond donors (Lipinski definition) is 3. The first kappa shape index (κ1) is 19.3. The summed E-state index contributed by atoms with van der Waals surface area (Å²) in [6.07, 6.45) is 1.09. The van der Waals surface area contributed by atoms with Gasteiger partial charge in [-0.05, 0) is 73.2 Å². The lowest BCUT2D eigenvalue weighted by atomic mass is 9.99. The van der Waals surface area contributed by atoms with Crippen LogP contribution in [0.1, 0.15) is 36.1 Å². The summed E-state index contributed by atoms with van der Waals surface area (Å²) in [5.74, 6) is -1.76. The largest absolute Gasteiger partial charge is 0.508 e. The average molecular weight is 356 g/mol. The highest BCUT2D eigenvalue weighted by Gasteiger charge is 2.29. The number of primary amides is 1. The number of nitrogens with zero attached hydrogens (tertiary/aromatic N) is 1. The van der Waals surface area contributed by atoms with Gasteiger partial charge in [-0.3, -0.25) is 14.5 Å². The van der Waals surface area contributed by atoms with E-state index in [0.29, 0.717) is 46.5 Å². The third-order valence-electron chi connectivity index (χ3n) is 4.35. The van der Waals surface area contributed by atoms with Gasteiger partial charge in [0.25, 0.3) is 0 Å². The molecular weight excluding hydrogens is 332 g/mol. The van der Waals surface area contributed by atoms with E-state index in [9.17, 15) is 19.8 Å². The van der Waals surface area contributed by atoms with E-state index in [0.717, 1.165) is 0 Å². The molecule has 0 aliphatic carbocycles. The number of hydrogen-bond acceptors (Lipinski definition) is 4. The zero-order chi connectivity index (χ0) is 19.6. The summed E-state index contributed by atoms with van der Waals surface area (Å²) >= 11 is 0. The fraction of sp³-hybridized carbons (Fsp3) is 0.300. The number of amides is 2. The third kappa shape index (κ3) is 3.49. The number of phenolic OH excluding ortho intramolecular Hbond substituents is 2. The first-order valence-corrected chi connectivity index (χ1v) is 8.50. The van der Waals surface area contributed by atoms with E-state index in [2.05, 4.69) is 0 Å². The van der Waals surface area contributed by atoms with Crippen molar-refractivity contribution in [3.05, 3.63) is 46.5 Å². The van der Waals surface area contributed by atoms with Crippen LogP contribution < -0.4 is 10.6 Å². The van der Waals surface area contributed by atoms with E-state index in [1.54, 1.807) is 26.0 Å². The lowest BCUT2D eigenvalue weighted by Crippen LogP contribution is -2.39. The van der Waals surface area contributed by atoms with Gasteiger partial charge in [0.1, 0.15) is 11.5 Å². The molecule has 0 aliphatic rings. The fourth-order valence-corrected chi connectivity index (χ4v) is 3.27. The predicted molar refractivity (Wildman–Crippen MR) is 101 cm³/mol. The van der Waals surface area contributed by atoms with Crippen LogP contribution in [-0.4, -0.2) is 22.0 Å². The minimum Gasteiger partial charge on any atom is -0.508 e. The van der Waals surface area contributed by atoms with Crippen molar-refractivity contribution in [3.8, 4) is 11.5 Å². The standard InChI is InChI=1S/C20H24N2O4/c1-5-13-9-15(23)7-11(3)17(13)22(20(26)19(21)25)18-12(4)8-16(24)10-14(18)6-2/h7-10,23-24H,5-6H2,1-4H3,(H2,21,25). The van der Waals surface area contributed by atoms with Crippen molar-refractivity contribution < 1.29 is 19.8 Å². The lowest BCUT2D eigenvalue weighted by molar-refractivity contribution is -0.135. The van der Waals surface area contributed by atoms with Crippen LogP contribution in [0.25, 0.3) is 0 Å². The Labute approximate surface area is 152 Å². The van der Waals surface area contributed by atoms with Gasteiger partial charge in [-0.1, -0.05) is 13.8 Å². The number of carbonyl (C=O) groups is 2. The molecule has 2 rings (SSSR count). The molecule has 0 radical (unpaired) electrons. The fourth-order valence-electron chi connectivity index (χ4n) is 3.27. The Morgan fingerprint density at radius 3 is 1.58 bits per heavy atom. The van der Waals surface area contributed by atoms with Crippen molar-refractivity contribution in [2.75, 3.05) is 4.90 Å². The summed E-state index contributed by atoms with van der Waals surface area (Å²) in [6, 6.07) is 6.23. The molecule has 0 saturated carbocycles. The molecule has 2 amide bonds. The highest BCUT2D eigenvalue weighted by molar-refractivity contribution is 6.41. The monoisotopic (exact) mass is 356 g/mol. The van der Waals surface area contributed by atoms with Crippen molar-refractivity contribution in [2.24, 2.45) is 5.73 Å². The Balaban J connectivity index is 2.89. The van der Waals surface area contributed by atoms with Gasteiger partial charge in [-0.15, -0.1) is 0 Å². The summed E-state index contributed by atoms with van der Waals surface area (Å²) in [5, 5.41) is 19.8. The molecule has 0 aromatic heterocycles. The van der Waals surface area contributed by atoms with Gasteiger partial charge in [0.2, 0.25) is 0 Å². The van der Waals surface area contributed by atoms with Gasteiger partial charge in [0.05, 0.1) is 11.4 Å². The molecule has 6 nitrogen and oxygen atoms in total. The highest BCUT2D eigenvalue weighted by Crippen LogP contribution is 2.39. The minimum absolute atomic E-state index is 0.0905. The minimum atomic E-state index is -1.07. The SMILES string of the molecule is CCc1cc(O)cc(C)c1N(C(=O)C(N)=O)c1c(C)cc(O)cc1CC. The smallest absolute Gasteiger partial charge is 0.320 e. The molecule has 4 N–H and O–H groups in total. The number of phenols is 2. The lowest BCUT2D eigenvalue weighted by Gasteiger charge is -2.29. The van der Waals surface area contributed by atoms with E-state index in [1.807, 2.05) is 13.8 Å². The number of benzene rings is 2. The molecule has 26 heavy (non-hydrogen) atoms. The second-order valence-corrected chi connectivity index (χ2v) is 6.25. The average Bonchev–Trinajstić information content (AvgIpc) is 2.56. The maximum atomic E-state index is 12.8. The molecule has 138 valence electrons. The summed E-state index contributed by atoms with van der Waals surface area (Å²) in [5.41, 5.74) is 9.09. The quantitative estimate of drug-likeness (QED) is 0.733. The van der Waals surface area contributed by atoms with Crippen LogP contribution in [0.5, 0.6) is 11.5 Å². The van der Waals surface area contributed by atoms with Gasteiger partial charge < -0.3 is 15.9 Å². The number of anilines is 2. The molecule has 2 aromatic rings. The predicted octanol–water partition coefficient (Wildman–Crippen LogP) is 2.99. The van der Waals surface area contributed by atoms with Gasteiger partial charge in [-0.2, -0.15) is 0 Å². The summed E-state index contributed by atoms with van der Waals surface area (Å²) < 4.78 is 0. The van der Waals surface area contributed by atoms with Gasteiger partial charge >= 0.3 is 11.8 Å². The second kappa shape index (κ2) is 7.47. The van der Waals surface area contributed by atoms with E-state index in [4.69, 9.17) is 5.73 Å². The zero-order valence-corrected chi connectivity index (χ0v) is 15.5. The molecule has 0 unspecified atom stereocenters. The summed E-state index contributed by atoms with van der Waals surface area (Å²) in [7, 11) is 0. The zero-order valence-electron chi connectivity index (χ0n) is 15.5. The van der Waals surface area contributed by atoms with Crippen molar-refractivity contribution in [1.82, 2.24) is 0 Å². The van der Waals surface area contributed by atoms with Crippen molar-refractivity contribution in [2.45, 2.75) is 40.5 Å². The van der Waals surface area contributed by atoms with E-state index in [-0.39, 0.29) is 11.5 Å². The number of aromatic hydroxyl groups is 2. The molecule has 0 spiro atoms. The number of nitrogens with two attached hydrogens (primary N) is 1. The molecule has 0 heterocycles. The Morgan fingerprint density at radius 1 is 0.885 bits per heavy atom. The van der Waals surface area contributed by atoms with Crippen molar-refractivity contribution in [3.63, 3.8) is 0 Å². The second-order valence-electron chi connectivity index (χ2n) is 6.25. The van der Waals surface area contributed by atoms with Crippen LogP contribution in [0.4, 0.5) is 11.4 Å². The van der Waals surface area contributed by atoms with Crippen molar-refractivity contribution >= 4 is 23.2 Å². The van der Waals surface area contributed by atoms with Gasteiger partial charge in [0, 0.05) is 0 Å². The van der Waals surface area contributed by atoms with Crippen molar-refractivity contribution in [1.29, 1.82) is 0 Å². The molecule has 0 aliphatic heterocycles. The van der Waals surface area contributed by atoms with Crippen LogP contribution in [0.15, 0.2) is 24.3 Å². The Hall–Kier alpha value is -3.02. The highest BCUT2D eigenvalue weighted by atomic mass is 16.3. The third-order valence-corrected chi connectivity index (χ3v) is 4.35. The molecule has 0 fully saturated rings. The van der Waals surface area contributed by atoms with Gasteiger partial charge in [-0.25, -0.2) is 0 Å². The maximum Gasteiger partial charge on any atom is 0.320 e. The van der Waals surface area contributed by atoms with E-state index < -0.39 is 11.8 Å². The molecule has 2 aromatic carbocycles. The van der Waals surface area contributed by atoms with Crippen LogP contribution >= 0.6 is 0 Å². The summed E-state index contributed by atoms with van der Waals surface area (Å²) in [6.45, 7) is 7.32. The molecule has 0 atom stereocenters. The molecular formula is C20H24N2O4. The Morgan fingerprint density at radius 2 is 1.27 bits per heavy atom. The van der Waals surface area contributed by atoms with Crippen LogP contribution in [-0.2, 0) is 22.4 Å². The van der Waals surface area contributed by atoms with E-state index in [1.165, 1.54) is 17.0 Å². The molecule has 0 saturated heterocycles.